The second kappa shape index (κ2) is 3.60. The average Bonchev–Trinajstić information content (AvgIpc) is 1.61. The first kappa shape index (κ1) is 6.42. The number of rotatable bonds is 3. The van der Waals surface area contributed by atoms with Gasteiger partial charge in [0.25, 0.3) is 0 Å². The van der Waals surface area contributed by atoms with Crippen LogP contribution < -0.4 is 5.32 Å². The van der Waals surface area contributed by atoms with Crippen LogP contribution in [0.3, 0.4) is 0 Å². The van der Waals surface area contributed by atoms with E-state index in [1.807, 2.05) is 5.32 Å². The van der Waals surface area contributed by atoms with E-state index in [2.05, 4.69) is 0 Å². The summed E-state index contributed by atoms with van der Waals surface area (Å²) in [6, 6.07) is 0. The summed E-state index contributed by atoms with van der Waals surface area (Å²) >= 11 is 0. The van der Waals surface area contributed by atoms with Crippen LogP contribution in [0.15, 0.2) is 0 Å². The number of carbonyl (C=O) groups is 1. The Morgan fingerprint density at radius 3 is 2.29 bits per heavy atom. The molecule has 5 heteroatoms. The van der Waals surface area contributed by atoms with Gasteiger partial charge in [-0.2, -0.15) is 0 Å². The van der Waals surface area contributed by atoms with Gasteiger partial charge >= 0.3 is 0 Å². The van der Waals surface area contributed by atoms with Crippen LogP contribution in [0.4, 0.5) is 0 Å². The maximum atomic E-state index is 9.57. The predicted octanol–water partition coefficient (Wildman–Crippen LogP) is -1.70. The third-order valence-electron chi connectivity index (χ3n) is 0.304. The standard InChI is InChI=1S/C2H5NO3S/c4-1-3-2-7(5)6/h1,7H,2H2,(H,3,4). The molecule has 0 aliphatic heterocycles. The van der Waals surface area contributed by atoms with E-state index in [0.717, 1.165) is 0 Å². The van der Waals surface area contributed by atoms with Gasteiger partial charge < -0.3 is 5.32 Å². The molecule has 0 aromatic heterocycles. The van der Waals surface area contributed by atoms with E-state index in [-0.39, 0.29) is 5.88 Å². The fourth-order valence-corrected chi connectivity index (χ4v) is 0.335. The van der Waals surface area contributed by atoms with Crippen LogP contribution in [-0.4, -0.2) is 20.7 Å². The van der Waals surface area contributed by atoms with Gasteiger partial charge in [0.1, 0.15) is 5.88 Å². The average molecular weight is 123 g/mol. The molecule has 0 aliphatic carbocycles. The lowest BCUT2D eigenvalue weighted by Crippen LogP contribution is -2.12. The number of hydrogen-bond donors (Lipinski definition) is 2. The molecule has 1 amide bonds. The molecular weight excluding hydrogens is 118 g/mol. The molecule has 42 valence electrons. The fraction of sp³-hybridized carbons (Fsp3) is 0.500. The van der Waals surface area contributed by atoms with Gasteiger partial charge in [-0.15, -0.1) is 0 Å². The Hall–Kier alpha value is -0.580. The lowest BCUT2D eigenvalue weighted by atomic mass is 11.2. The molecule has 0 rings (SSSR count). The van der Waals surface area contributed by atoms with Crippen molar-refractivity contribution in [1.29, 1.82) is 0 Å². The molecule has 0 unspecified atom stereocenters. The van der Waals surface area contributed by atoms with Gasteiger partial charge in [0.05, 0.1) is 0 Å². The van der Waals surface area contributed by atoms with Crippen molar-refractivity contribution < 1.29 is 13.2 Å². The summed E-state index contributed by atoms with van der Waals surface area (Å²) in [5.74, 6) is -0.265. The van der Waals surface area contributed by atoms with Crippen molar-refractivity contribution in [2.75, 3.05) is 5.88 Å². The molecule has 0 spiro atoms. The van der Waals surface area contributed by atoms with E-state index in [4.69, 9.17) is 0 Å². The predicted molar refractivity (Wildman–Crippen MR) is 24.4 cm³/mol. The molecule has 0 fully saturated rings. The molecule has 0 aromatic carbocycles. The third-order valence-corrected chi connectivity index (χ3v) is 0.744. The van der Waals surface area contributed by atoms with Crippen molar-refractivity contribution in [3.05, 3.63) is 0 Å². The number of hydrogen-bond acceptors (Lipinski definition) is 3. The molecule has 4 nitrogen and oxygen atoms in total. The van der Waals surface area contributed by atoms with Gasteiger partial charge in [-0.25, -0.2) is 8.42 Å². The SMILES string of the molecule is O=CNC[SH](=O)=O. The van der Waals surface area contributed by atoms with Crippen molar-refractivity contribution in [1.82, 2.24) is 5.32 Å². The van der Waals surface area contributed by atoms with E-state index < -0.39 is 10.7 Å². The lowest BCUT2D eigenvalue weighted by molar-refractivity contribution is -0.109. The van der Waals surface area contributed by atoms with Gasteiger partial charge in [-0.05, 0) is 0 Å². The Morgan fingerprint density at radius 1 is 1.57 bits per heavy atom. The van der Waals surface area contributed by atoms with Gasteiger partial charge in [-0.1, -0.05) is 0 Å². The molecule has 0 aliphatic rings. The van der Waals surface area contributed by atoms with Gasteiger partial charge in [0.15, 0.2) is 10.7 Å². The second-order valence-electron chi connectivity index (χ2n) is 0.813. The zero-order valence-corrected chi connectivity index (χ0v) is 4.35. The van der Waals surface area contributed by atoms with Crippen LogP contribution in [0.25, 0.3) is 0 Å². The van der Waals surface area contributed by atoms with Crippen molar-refractivity contribution in [2.24, 2.45) is 0 Å². The van der Waals surface area contributed by atoms with E-state index in [9.17, 15) is 13.2 Å². The third kappa shape index (κ3) is 5.42. The first-order valence-electron chi connectivity index (χ1n) is 1.56. The highest BCUT2D eigenvalue weighted by molar-refractivity contribution is 7.72. The molecule has 0 saturated carbocycles. The zero-order chi connectivity index (χ0) is 5.70. The van der Waals surface area contributed by atoms with Crippen molar-refractivity contribution >= 4 is 17.1 Å². The van der Waals surface area contributed by atoms with E-state index >= 15 is 0 Å². The molecule has 0 atom stereocenters. The summed E-state index contributed by atoms with van der Waals surface area (Å²) in [6.45, 7) is 0. The summed E-state index contributed by atoms with van der Waals surface area (Å²) in [5.41, 5.74) is 0. The van der Waals surface area contributed by atoms with Crippen LogP contribution in [-0.2, 0) is 15.5 Å². The van der Waals surface area contributed by atoms with Crippen LogP contribution in [0, 0.1) is 0 Å². The Kier molecular flexibility index (Phi) is 3.31. The van der Waals surface area contributed by atoms with Crippen LogP contribution >= 0.6 is 0 Å². The minimum atomic E-state index is -2.45. The molecule has 0 radical (unpaired) electrons. The largest absolute Gasteiger partial charge is 0.345 e. The summed E-state index contributed by atoms with van der Waals surface area (Å²) in [4.78, 5) is 9.33. The summed E-state index contributed by atoms with van der Waals surface area (Å²) < 4.78 is 19.1. The zero-order valence-electron chi connectivity index (χ0n) is 3.46. The highest BCUT2D eigenvalue weighted by Gasteiger charge is 1.77. The maximum absolute atomic E-state index is 9.57. The Bertz CT molecular complexity index is 110. The smallest absolute Gasteiger partial charge is 0.207 e. The first-order chi connectivity index (χ1) is 3.27. The minimum absolute atomic E-state index is 0.265. The number of amides is 1. The van der Waals surface area contributed by atoms with E-state index in [1.54, 1.807) is 0 Å². The monoisotopic (exact) mass is 123 g/mol. The van der Waals surface area contributed by atoms with Crippen molar-refractivity contribution in [2.45, 2.75) is 0 Å². The Labute approximate surface area is 42.5 Å². The lowest BCUT2D eigenvalue weighted by Gasteiger charge is -1.80. The molecule has 1 N–H and O–H groups in total. The maximum Gasteiger partial charge on any atom is 0.207 e. The van der Waals surface area contributed by atoms with Crippen LogP contribution in [0.1, 0.15) is 0 Å². The number of carbonyl (C=O) groups excluding carboxylic acids is 1. The van der Waals surface area contributed by atoms with E-state index in [1.165, 1.54) is 0 Å². The Morgan fingerprint density at radius 2 is 2.14 bits per heavy atom. The normalized spacial score (nSPS) is 8.71. The molecule has 0 aromatic rings. The first-order valence-corrected chi connectivity index (χ1v) is 2.92. The second-order valence-corrected chi connectivity index (χ2v) is 1.79. The number of nitrogens with one attached hydrogen (secondary N) is 1. The van der Waals surface area contributed by atoms with Crippen molar-refractivity contribution in [3.8, 4) is 0 Å². The molecule has 0 bridgehead atoms. The van der Waals surface area contributed by atoms with Crippen LogP contribution in [0.2, 0.25) is 0 Å². The fourth-order valence-electron chi connectivity index (χ4n) is 0.112. The van der Waals surface area contributed by atoms with Gasteiger partial charge in [0.2, 0.25) is 6.41 Å². The highest BCUT2D eigenvalue weighted by Crippen LogP contribution is 1.50. The van der Waals surface area contributed by atoms with Crippen molar-refractivity contribution in [3.63, 3.8) is 0 Å². The molecular formula is C2H5NO3S. The molecule has 0 heterocycles. The Balaban J connectivity index is 3.14. The molecule has 0 saturated heterocycles. The molecule has 7 heavy (non-hydrogen) atoms. The van der Waals surface area contributed by atoms with Gasteiger partial charge in [0, 0.05) is 0 Å². The van der Waals surface area contributed by atoms with Gasteiger partial charge in [-0.3, -0.25) is 4.79 Å². The summed E-state index contributed by atoms with van der Waals surface area (Å²) in [6.07, 6.45) is 0.338. The minimum Gasteiger partial charge on any atom is -0.345 e. The summed E-state index contributed by atoms with van der Waals surface area (Å²) in [7, 11) is -2.45. The van der Waals surface area contributed by atoms with Crippen LogP contribution in [0.5, 0.6) is 0 Å². The van der Waals surface area contributed by atoms with E-state index in [0.29, 0.717) is 6.41 Å². The summed E-state index contributed by atoms with van der Waals surface area (Å²) in [5, 5.41) is 1.97. The highest BCUT2D eigenvalue weighted by atomic mass is 32.2. The number of thiol groups is 1. The topological polar surface area (TPSA) is 63.2 Å². The quantitative estimate of drug-likeness (QED) is 0.347.